The number of benzene rings is 2. The standard InChI is InChI=1S/C22H19N3O2S/c1-14-8-6-7-11-17(14)24-20(26)19-15(2)18-21(28-19)23-13-25(22(18)27)12-16-9-4-3-5-10-16/h3-11,13H,12H2,1-2H3,(H,24,26). The second-order valence-corrected chi connectivity index (χ2v) is 7.67. The summed E-state index contributed by atoms with van der Waals surface area (Å²) in [4.78, 5) is 31.3. The Morgan fingerprint density at radius 3 is 2.54 bits per heavy atom. The van der Waals surface area contributed by atoms with E-state index in [1.165, 1.54) is 11.3 Å². The third kappa shape index (κ3) is 3.34. The molecule has 140 valence electrons. The fraction of sp³-hybridized carbons (Fsp3) is 0.136. The molecule has 1 N–H and O–H groups in total. The minimum atomic E-state index is -0.219. The molecule has 1 amide bonds. The van der Waals surface area contributed by atoms with Crippen LogP contribution in [0.15, 0.2) is 65.7 Å². The highest BCUT2D eigenvalue weighted by Crippen LogP contribution is 2.28. The number of para-hydroxylation sites is 1. The number of carbonyl (C=O) groups excluding carboxylic acids is 1. The van der Waals surface area contributed by atoms with Gasteiger partial charge in [-0.05, 0) is 36.6 Å². The van der Waals surface area contributed by atoms with Gasteiger partial charge in [-0.3, -0.25) is 14.2 Å². The maximum atomic E-state index is 13.0. The predicted octanol–water partition coefficient (Wildman–Crippen LogP) is 4.38. The molecule has 0 radical (unpaired) electrons. The van der Waals surface area contributed by atoms with Crippen LogP contribution in [0.1, 0.15) is 26.4 Å². The highest BCUT2D eigenvalue weighted by molar-refractivity contribution is 7.20. The summed E-state index contributed by atoms with van der Waals surface area (Å²) in [6.45, 7) is 4.20. The fourth-order valence-electron chi connectivity index (χ4n) is 3.16. The summed E-state index contributed by atoms with van der Waals surface area (Å²) in [6, 6.07) is 17.4. The lowest BCUT2D eigenvalue weighted by atomic mass is 10.1. The van der Waals surface area contributed by atoms with Crippen molar-refractivity contribution in [3.8, 4) is 0 Å². The number of carbonyl (C=O) groups is 1. The zero-order valence-electron chi connectivity index (χ0n) is 15.6. The van der Waals surface area contributed by atoms with Crippen molar-refractivity contribution >= 4 is 33.1 Å². The smallest absolute Gasteiger partial charge is 0.266 e. The molecule has 6 heteroatoms. The van der Waals surface area contributed by atoms with E-state index in [0.29, 0.717) is 27.2 Å². The molecule has 0 atom stereocenters. The van der Waals surface area contributed by atoms with E-state index in [1.54, 1.807) is 10.9 Å². The van der Waals surface area contributed by atoms with Crippen molar-refractivity contribution in [2.24, 2.45) is 0 Å². The second kappa shape index (κ2) is 7.40. The van der Waals surface area contributed by atoms with Gasteiger partial charge in [0.05, 0.1) is 23.1 Å². The van der Waals surface area contributed by atoms with E-state index >= 15 is 0 Å². The summed E-state index contributed by atoms with van der Waals surface area (Å²) < 4.78 is 1.58. The summed E-state index contributed by atoms with van der Waals surface area (Å²) in [6.07, 6.45) is 1.55. The van der Waals surface area contributed by atoms with Gasteiger partial charge < -0.3 is 5.32 Å². The first kappa shape index (κ1) is 18.1. The van der Waals surface area contributed by atoms with E-state index < -0.39 is 0 Å². The number of hydrogen-bond acceptors (Lipinski definition) is 4. The van der Waals surface area contributed by atoms with E-state index in [1.807, 2.05) is 68.4 Å². The second-order valence-electron chi connectivity index (χ2n) is 6.67. The minimum absolute atomic E-state index is 0.127. The Balaban J connectivity index is 1.71. The van der Waals surface area contributed by atoms with Crippen LogP contribution in [0.25, 0.3) is 10.2 Å². The Labute approximate surface area is 166 Å². The maximum absolute atomic E-state index is 13.0. The molecule has 4 aromatic rings. The fourth-order valence-corrected chi connectivity index (χ4v) is 4.20. The number of thiophene rings is 1. The van der Waals surface area contributed by atoms with Gasteiger partial charge in [-0.1, -0.05) is 48.5 Å². The van der Waals surface area contributed by atoms with E-state index in [2.05, 4.69) is 10.3 Å². The molecule has 0 spiro atoms. The molecule has 2 aromatic carbocycles. The summed E-state index contributed by atoms with van der Waals surface area (Å²) >= 11 is 1.25. The first-order valence-corrected chi connectivity index (χ1v) is 9.75. The molecule has 4 rings (SSSR count). The molecule has 0 aliphatic carbocycles. The molecule has 5 nitrogen and oxygen atoms in total. The number of fused-ring (bicyclic) bond motifs is 1. The van der Waals surface area contributed by atoms with Crippen LogP contribution in [0.3, 0.4) is 0 Å². The van der Waals surface area contributed by atoms with Crippen molar-refractivity contribution < 1.29 is 4.79 Å². The molecule has 2 heterocycles. The molecular formula is C22H19N3O2S. The summed E-state index contributed by atoms with van der Waals surface area (Å²) in [7, 11) is 0. The van der Waals surface area contributed by atoms with E-state index in [-0.39, 0.29) is 11.5 Å². The van der Waals surface area contributed by atoms with Crippen molar-refractivity contribution in [2.45, 2.75) is 20.4 Å². The summed E-state index contributed by atoms with van der Waals surface area (Å²) in [5.41, 5.74) is 3.32. The summed E-state index contributed by atoms with van der Waals surface area (Å²) in [5, 5.41) is 3.45. The highest BCUT2D eigenvalue weighted by atomic mass is 32.1. The van der Waals surface area contributed by atoms with Crippen molar-refractivity contribution in [2.75, 3.05) is 5.32 Å². The van der Waals surface area contributed by atoms with Gasteiger partial charge in [0.2, 0.25) is 0 Å². The average molecular weight is 389 g/mol. The average Bonchev–Trinajstić information content (AvgIpc) is 3.04. The van der Waals surface area contributed by atoms with Gasteiger partial charge in [0.15, 0.2) is 0 Å². The lowest BCUT2D eigenvalue weighted by molar-refractivity contribution is 0.103. The van der Waals surface area contributed by atoms with Crippen LogP contribution in [0, 0.1) is 13.8 Å². The summed E-state index contributed by atoms with van der Waals surface area (Å²) in [5.74, 6) is -0.219. The molecule has 0 unspecified atom stereocenters. The third-order valence-corrected chi connectivity index (χ3v) is 5.91. The van der Waals surface area contributed by atoms with Crippen LogP contribution in [0.2, 0.25) is 0 Å². The first-order chi connectivity index (χ1) is 13.5. The number of rotatable bonds is 4. The lowest BCUT2D eigenvalue weighted by Gasteiger charge is -2.07. The molecule has 0 bridgehead atoms. The Kier molecular flexibility index (Phi) is 4.79. The zero-order valence-corrected chi connectivity index (χ0v) is 16.4. The molecule has 0 saturated carbocycles. The molecular weight excluding hydrogens is 370 g/mol. The molecule has 0 aliphatic rings. The normalized spacial score (nSPS) is 10.9. The number of anilines is 1. The SMILES string of the molecule is Cc1ccccc1NC(=O)c1sc2ncn(Cc3ccccc3)c(=O)c2c1C. The van der Waals surface area contributed by atoms with Gasteiger partial charge in [0, 0.05) is 5.69 Å². The Bertz CT molecular complexity index is 1230. The van der Waals surface area contributed by atoms with Crippen molar-refractivity contribution in [1.29, 1.82) is 0 Å². The van der Waals surface area contributed by atoms with Gasteiger partial charge in [-0.2, -0.15) is 0 Å². The number of amides is 1. The topological polar surface area (TPSA) is 64.0 Å². The largest absolute Gasteiger partial charge is 0.321 e. The Morgan fingerprint density at radius 2 is 1.79 bits per heavy atom. The lowest BCUT2D eigenvalue weighted by Crippen LogP contribution is -2.21. The van der Waals surface area contributed by atoms with E-state index in [0.717, 1.165) is 16.8 Å². The molecule has 0 saturated heterocycles. The number of aryl methyl sites for hydroxylation is 2. The Hall–Kier alpha value is -3.25. The molecule has 0 aliphatic heterocycles. The van der Waals surface area contributed by atoms with Crippen LogP contribution in [0.5, 0.6) is 0 Å². The van der Waals surface area contributed by atoms with Gasteiger partial charge in [0.1, 0.15) is 4.83 Å². The third-order valence-electron chi connectivity index (χ3n) is 4.71. The number of nitrogens with zero attached hydrogens (tertiary/aromatic N) is 2. The number of hydrogen-bond donors (Lipinski definition) is 1. The first-order valence-electron chi connectivity index (χ1n) is 8.94. The van der Waals surface area contributed by atoms with Crippen LogP contribution < -0.4 is 10.9 Å². The number of nitrogens with one attached hydrogen (secondary N) is 1. The van der Waals surface area contributed by atoms with Crippen LogP contribution in [0.4, 0.5) is 5.69 Å². The van der Waals surface area contributed by atoms with Crippen LogP contribution >= 0.6 is 11.3 Å². The highest BCUT2D eigenvalue weighted by Gasteiger charge is 2.20. The number of aromatic nitrogens is 2. The van der Waals surface area contributed by atoms with Crippen molar-refractivity contribution in [1.82, 2.24) is 9.55 Å². The van der Waals surface area contributed by atoms with Gasteiger partial charge in [0.25, 0.3) is 11.5 Å². The van der Waals surface area contributed by atoms with E-state index in [4.69, 9.17) is 0 Å². The minimum Gasteiger partial charge on any atom is -0.321 e. The quantitative estimate of drug-likeness (QED) is 0.563. The molecule has 28 heavy (non-hydrogen) atoms. The maximum Gasteiger partial charge on any atom is 0.266 e. The van der Waals surface area contributed by atoms with Gasteiger partial charge >= 0.3 is 0 Å². The molecule has 2 aromatic heterocycles. The van der Waals surface area contributed by atoms with Crippen LogP contribution in [-0.2, 0) is 6.54 Å². The van der Waals surface area contributed by atoms with Crippen molar-refractivity contribution in [3.05, 3.63) is 92.8 Å². The van der Waals surface area contributed by atoms with Crippen LogP contribution in [-0.4, -0.2) is 15.5 Å². The Morgan fingerprint density at radius 1 is 1.07 bits per heavy atom. The monoisotopic (exact) mass is 389 g/mol. The van der Waals surface area contributed by atoms with Gasteiger partial charge in [-0.25, -0.2) is 4.98 Å². The van der Waals surface area contributed by atoms with Gasteiger partial charge in [-0.15, -0.1) is 11.3 Å². The molecule has 0 fully saturated rings. The zero-order chi connectivity index (χ0) is 19.7. The van der Waals surface area contributed by atoms with Crippen molar-refractivity contribution in [3.63, 3.8) is 0 Å². The van der Waals surface area contributed by atoms with E-state index in [9.17, 15) is 9.59 Å². The predicted molar refractivity (Wildman–Crippen MR) is 113 cm³/mol.